The van der Waals surface area contributed by atoms with Gasteiger partial charge < -0.3 is 13.9 Å². The molecule has 0 aliphatic carbocycles. The Morgan fingerprint density at radius 2 is 1.79 bits per heavy atom. The predicted octanol–water partition coefficient (Wildman–Crippen LogP) is 4.15. The molecule has 42 heavy (non-hydrogen) atoms. The third-order valence-corrected chi connectivity index (χ3v) is 8.16. The average molecular weight is 568 g/mol. The molecule has 0 spiro atoms. The first-order valence-electron chi connectivity index (χ1n) is 14.3. The van der Waals surface area contributed by atoms with E-state index in [1.54, 1.807) is 29.2 Å². The van der Waals surface area contributed by atoms with E-state index in [9.17, 15) is 14.0 Å². The predicted molar refractivity (Wildman–Crippen MR) is 153 cm³/mol. The Balaban J connectivity index is 1.08. The van der Waals surface area contributed by atoms with E-state index in [1.165, 1.54) is 25.3 Å². The summed E-state index contributed by atoms with van der Waals surface area (Å²) in [4.78, 5) is 29.7. The van der Waals surface area contributed by atoms with Crippen LogP contribution in [-0.2, 0) is 26.1 Å². The number of hydrogen-bond acceptors (Lipinski definition) is 7. The van der Waals surface area contributed by atoms with Crippen LogP contribution >= 0.6 is 0 Å². The topological polar surface area (TPSA) is 113 Å². The largest absolute Gasteiger partial charge is 0.456 e. The maximum absolute atomic E-state index is 15.0. The van der Waals surface area contributed by atoms with E-state index < -0.39 is 11.7 Å². The molecule has 0 unspecified atom stereocenters. The highest BCUT2D eigenvalue weighted by atomic mass is 19.1. The van der Waals surface area contributed by atoms with E-state index >= 15 is 0 Å². The number of hydrogen-bond donors (Lipinski definition) is 1. The number of nitrogens with one attached hydrogen (secondary N) is 1. The van der Waals surface area contributed by atoms with Crippen LogP contribution in [0, 0.1) is 5.82 Å². The molecule has 3 aromatic heterocycles. The molecule has 1 amide bonds. The van der Waals surface area contributed by atoms with Crippen molar-refractivity contribution in [2.24, 2.45) is 0 Å². The Morgan fingerprint density at radius 1 is 0.952 bits per heavy atom. The van der Waals surface area contributed by atoms with Crippen LogP contribution in [0.5, 0.6) is 0 Å². The van der Waals surface area contributed by atoms with Gasteiger partial charge in [-0.2, -0.15) is 5.10 Å². The summed E-state index contributed by atoms with van der Waals surface area (Å²) in [5, 5.41) is 16.7. The molecule has 1 fully saturated rings. The Morgan fingerprint density at radius 3 is 2.64 bits per heavy atom. The van der Waals surface area contributed by atoms with Gasteiger partial charge in [-0.25, -0.2) is 9.49 Å². The number of piperidine rings is 1. The highest BCUT2D eigenvalue weighted by Crippen LogP contribution is 2.26. The molecule has 11 heteroatoms. The van der Waals surface area contributed by atoms with Gasteiger partial charge >= 0.3 is 0 Å². The number of aromatic amines is 1. The van der Waals surface area contributed by atoms with Gasteiger partial charge in [0.05, 0.1) is 29.7 Å². The molecule has 1 saturated heterocycles. The lowest BCUT2D eigenvalue weighted by Crippen LogP contribution is -2.39. The molecule has 7 rings (SSSR count). The minimum atomic E-state index is -0.590. The Kier molecular flexibility index (Phi) is 6.87. The van der Waals surface area contributed by atoms with Gasteiger partial charge in [0, 0.05) is 24.9 Å². The van der Waals surface area contributed by atoms with Crippen molar-refractivity contribution >= 4 is 16.7 Å². The molecule has 0 saturated carbocycles. The molecule has 0 atom stereocenters. The first kappa shape index (κ1) is 26.3. The Labute approximate surface area is 240 Å². The number of likely N-dealkylation sites (tertiary alicyclic amines) is 1. The summed E-state index contributed by atoms with van der Waals surface area (Å²) in [5.74, 6) is 1.81. The van der Waals surface area contributed by atoms with E-state index in [0.29, 0.717) is 53.6 Å². The summed E-state index contributed by atoms with van der Waals surface area (Å²) in [6, 6.07) is 15.6. The Bertz CT molecular complexity index is 1840. The second-order valence-corrected chi connectivity index (χ2v) is 11.0. The number of H-pyrrole nitrogens is 1. The molecule has 2 aliphatic heterocycles. The number of fused-ring (bicyclic) bond motifs is 2. The fraction of sp³-hybridized carbons (Fsp3) is 0.323. The van der Waals surface area contributed by atoms with Crippen LogP contribution in [0.2, 0.25) is 0 Å². The lowest BCUT2D eigenvalue weighted by molar-refractivity contribution is 0.0703. The van der Waals surface area contributed by atoms with E-state index in [1.807, 2.05) is 28.8 Å². The fourth-order valence-corrected chi connectivity index (χ4v) is 5.95. The van der Waals surface area contributed by atoms with Gasteiger partial charge in [-0.3, -0.25) is 14.5 Å². The molecule has 214 valence electrons. The minimum absolute atomic E-state index is 0.0113. The molecule has 2 aromatic carbocycles. The van der Waals surface area contributed by atoms with Crippen LogP contribution in [-0.4, -0.2) is 60.3 Å². The normalized spacial score (nSPS) is 15.7. The molecule has 5 aromatic rings. The third-order valence-electron chi connectivity index (χ3n) is 8.16. The number of benzene rings is 2. The number of halogens is 1. The average Bonchev–Trinajstić information content (AvgIpc) is 3.66. The zero-order valence-corrected chi connectivity index (χ0v) is 23.1. The summed E-state index contributed by atoms with van der Waals surface area (Å²) in [5.41, 5.74) is 1.08. The van der Waals surface area contributed by atoms with E-state index in [2.05, 4.69) is 25.3 Å². The van der Waals surface area contributed by atoms with Crippen molar-refractivity contribution in [1.82, 2.24) is 34.8 Å². The number of nitrogens with zero attached hydrogens (tertiary/aromatic N) is 6. The summed E-state index contributed by atoms with van der Waals surface area (Å²) in [6.45, 7) is 4.02. The van der Waals surface area contributed by atoms with Crippen molar-refractivity contribution in [2.45, 2.75) is 45.3 Å². The van der Waals surface area contributed by atoms with Crippen molar-refractivity contribution < 1.29 is 13.6 Å². The van der Waals surface area contributed by atoms with Crippen LogP contribution in [0.3, 0.4) is 0 Å². The summed E-state index contributed by atoms with van der Waals surface area (Å²) < 4.78 is 23.0. The van der Waals surface area contributed by atoms with Gasteiger partial charge in [0.25, 0.3) is 11.5 Å². The molecule has 0 bridgehead atoms. The maximum Gasteiger partial charge on any atom is 0.272 e. The van der Waals surface area contributed by atoms with Crippen LogP contribution < -0.4 is 5.56 Å². The molecule has 1 N–H and O–H groups in total. The van der Waals surface area contributed by atoms with Gasteiger partial charge in [-0.05, 0) is 61.8 Å². The first-order valence-corrected chi connectivity index (χ1v) is 14.3. The summed E-state index contributed by atoms with van der Waals surface area (Å²) in [6.07, 6.45) is 4.06. The zero-order chi connectivity index (χ0) is 28.6. The SMILES string of the molecule is O=C(c1cc(Cc2n[nH]c(=O)c3ccccc23)ccc1F)N1CCn2c(nnc2-c2ccc(CN3CCCCC3)o2)C1. The van der Waals surface area contributed by atoms with Crippen molar-refractivity contribution in [3.05, 3.63) is 99.2 Å². The van der Waals surface area contributed by atoms with Crippen LogP contribution in [0.1, 0.15) is 52.5 Å². The van der Waals surface area contributed by atoms with E-state index in [4.69, 9.17) is 4.42 Å². The number of furan rings is 1. The molecule has 2 aliphatic rings. The first-order chi connectivity index (χ1) is 20.5. The lowest BCUT2D eigenvalue weighted by atomic mass is 10.0. The smallest absolute Gasteiger partial charge is 0.272 e. The summed E-state index contributed by atoms with van der Waals surface area (Å²) in [7, 11) is 0. The van der Waals surface area contributed by atoms with Crippen LogP contribution in [0.25, 0.3) is 22.4 Å². The Hall–Kier alpha value is -4.64. The van der Waals surface area contributed by atoms with Gasteiger partial charge in [0.2, 0.25) is 0 Å². The standard InChI is InChI=1S/C31H30FN7O3/c32-25-10-8-20(17-26-22-6-2-3-7-23(22)30(40)36-33-26)16-24(25)31(41)38-14-15-39-28(19-38)34-35-29(39)27-11-9-21(42-27)18-37-12-4-1-5-13-37/h2-3,6-11,16H,1,4-5,12-15,17-19H2,(H,36,40). The number of rotatable bonds is 6. The van der Waals surface area contributed by atoms with Crippen molar-refractivity contribution in [3.63, 3.8) is 0 Å². The van der Waals surface area contributed by atoms with Crippen LogP contribution in [0.15, 0.2) is 63.8 Å². The maximum atomic E-state index is 15.0. The van der Waals surface area contributed by atoms with Gasteiger partial charge in [0.1, 0.15) is 11.6 Å². The van der Waals surface area contributed by atoms with Gasteiger partial charge in [-0.15, -0.1) is 10.2 Å². The highest BCUT2D eigenvalue weighted by Gasteiger charge is 2.28. The second kappa shape index (κ2) is 11.0. The number of amides is 1. The van der Waals surface area contributed by atoms with Crippen molar-refractivity contribution in [3.8, 4) is 11.6 Å². The zero-order valence-electron chi connectivity index (χ0n) is 23.1. The number of aromatic nitrogens is 5. The van der Waals surface area contributed by atoms with Gasteiger partial charge in [0.15, 0.2) is 17.4 Å². The van der Waals surface area contributed by atoms with Crippen LogP contribution in [0.4, 0.5) is 4.39 Å². The molecule has 5 heterocycles. The quantitative estimate of drug-likeness (QED) is 0.328. The highest BCUT2D eigenvalue weighted by molar-refractivity contribution is 5.94. The molecular formula is C31H30FN7O3. The van der Waals surface area contributed by atoms with Crippen molar-refractivity contribution in [2.75, 3.05) is 19.6 Å². The monoisotopic (exact) mass is 567 g/mol. The number of carbonyl (C=O) groups is 1. The fourth-order valence-electron chi connectivity index (χ4n) is 5.95. The van der Waals surface area contributed by atoms with Gasteiger partial charge in [-0.1, -0.05) is 30.7 Å². The molecule has 10 nitrogen and oxygen atoms in total. The van der Waals surface area contributed by atoms with Crippen molar-refractivity contribution in [1.29, 1.82) is 0 Å². The number of carbonyl (C=O) groups excluding carboxylic acids is 1. The summed E-state index contributed by atoms with van der Waals surface area (Å²) >= 11 is 0. The van der Waals surface area contributed by atoms with E-state index in [-0.39, 0.29) is 17.7 Å². The lowest BCUT2D eigenvalue weighted by Gasteiger charge is -2.28. The van der Waals surface area contributed by atoms with E-state index in [0.717, 1.165) is 30.8 Å². The minimum Gasteiger partial charge on any atom is -0.456 e. The third kappa shape index (κ3) is 5.00. The molecular weight excluding hydrogens is 537 g/mol. The second-order valence-electron chi connectivity index (χ2n) is 11.0. The molecule has 0 radical (unpaired) electrons.